The van der Waals surface area contributed by atoms with E-state index in [0.717, 1.165) is 19.2 Å². The molecule has 0 bridgehead atoms. The normalized spacial score (nSPS) is 16.0. The van der Waals surface area contributed by atoms with E-state index in [9.17, 15) is 22.4 Å². The number of amides is 1. The summed E-state index contributed by atoms with van der Waals surface area (Å²) in [6, 6.07) is 1.81. The maximum absolute atomic E-state index is 13.1. The number of hydrogen-bond acceptors (Lipinski definition) is 2. The van der Waals surface area contributed by atoms with Crippen molar-refractivity contribution in [2.24, 2.45) is 5.92 Å². The number of halogens is 4. The third kappa shape index (κ3) is 3.44. The van der Waals surface area contributed by atoms with Gasteiger partial charge in [0.2, 0.25) is 0 Å². The van der Waals surface area contributed by atoms with Gasteiger partial charge in [-0.2, -0.15) is 13.2 Å². The number of rotatable bonds is 3. The second kappa shape index (κ2) is 5.16. The van der Waals surface area contributed by atoms with Crippen LogP contribution in [0.5, 0.6) is 0 Å². The summed E-state index contributed by atoms with van der Waals surface area (Å²) in [5.74, 6) is -1.50. The molecule has 0 aromatic heterocycles. The molecule has 1 aliphatic heterocycles. The van der Waals surface area contributed by atoms with E-state index in [1.165, 1.54) is 0 Å². The molecule has 0 atom stereocenters. The monoisotopic (exact) mass is 276 g/mol. The molecule has 1 saturated heterocycles. The molecule has 0 radical (unpaired) electrons. The van der Waals surface area contributed by atoms with E-state index in [1.807, 2.05) is 0 Å². The predicted molar refractivity (Wildman–Crippen MR) is 60.1 cm³/mol. The first-order valence-electron chi connectivity index (χ1n) is 5.73. The van der Waals surface area contributed by atoms with Crippen LogP contribution in [-0.2, 0) is 6.18 Å². The molecular formula is C12H12F4N2O. The average Bonchev–Trinajstić information content (AvgIpc) is 2.24. The molecule has 0 saturated carbocycles. The van der Waals surface area contributed by atoms with Crippen molar-refractivity contribution in [1.29, 1.82) is 0 Å². The molecule has 1 aliphatic rings. The van der Waals surface area contributed by atoms with E-state index in [2.05, 4.69) is 10.6 Å². The highest BCUT2D eigenvalue weighted by atomic mass is 19.4. The Hall–Kier alpha value is -1.63. The Morgan fingerprint density at radius 2 is 2.00 bits per heavy atom. The van der Waals surface area contributed by atoms with Crippen LogP contribution >= 0.6 is 0 Å². The van der Waals surface area contributed by atoms with Gasteiger partial charge in [0, 0.05) is 31.1 Å². The van der Waals surface area contributed by atoms with Crippen LogP contribution in [0.3, 0.4) is 0 Å². The molecule has 19 heavy (non-hydrogen) atoms. The first kappa shape index (κ1) is 13.8. The molecule has 1 aromatic rings. The Balaban J connectivity index is 2.09. The van der Waals surface area contributed by atoms with Crippen LogP contribution in [0.25, 0.3) is 0 Å². The van der Waals surface area contributed by atoms with Gasteiger partial charge in [-0.25, -0.2) is 4.39 Å². The number of carbonyl (C=O) groups is 1. The smallest absolute Gasteiger partial charge is 0.352 e. The highest BCUT2D eigenvalue weighted by Gasteiger charge is 2.32. The van der Waals surface area contributed by atoms with Gasteiger partial charge in [-0.1, -0.05) is 0 Å². The molecule has 104 valence electrons. The van der Waals surface area contributed by atoms with Crippen molar-refractivity contribution in [3.63, 3.8) is 0 Å². The Labute approximate surface area is 107 Å². The number of alkyl halides is 3. The van der Waals surface area contributed by atoms with Crippen LogP contribution in [0.4, 0.5) is 17.6 Å². The van der Waals surface area contributed by atoms with Crippen molar-refractivity contribution >= 4 is 5.91 Å². The maximum Gasteiger partial charge on any atom is 0.416 e. The third-order valence-corrected chi connectivity index (χ3v) is 2.90. The zero-order chi connectivity index (χ0) is 14.0. The largest absolute Gasteiger partial charge is 0.416 e. The van der Waals surface area contributed by atoms with Gasteiger partial charge in [-0.05, 0) is 18.2 Å². The van der Waals surface area contributed by atoms with E-state index in [1.54, 1.807) is 0 Å². The van der Waals surface area contributed by atoms with Gasteiger partial charge in [-0.15, -0.1) is 0 Å². The Morgan fingerprint density at radius 3 is 2.53 bits per heavy atom. The van der Waals surface area contributed by atoms with Gasteiger partial charge in [0.25, 0.3) is 5.91 Å². The van der Waals surface area contributed by atoms with E-state index in [0.29, 0.717) is 18.7 Å². The second-order valence-electron chi connectivity index (χ2n) is 4.46. The van der Waals surface area contributed by atoms with Crippen LogP contribution in [0.2, 0.25) is 0 Å². The summed E-state index contributed by atoms with van der Waals surface area (Å²) in [4.78, 5) is 11.7. The molecule has 0 unspecified atom stereocenters. The summed E-state index contributed by atoms with van der Waals surface area (Å²) in [5, 5.41) is 5.50. The van der Waals surface area contributed by atoms with Crippen LogP contribution in [0.1, 0.15) is 15.9 Å². The SMILES string of the molecule is O=C(NCC1CNC1)c1cc(F)cc(C(F)(F)F)c1. The van der Waals surface area contributed by atoms with Crippen LogP contribution in [0, 0.1) is 11.7 Å². The minimum absolute atomic E-state index is 0.277. The molecule has 2 rings (SSSR count). The van der Waals surface area contributed by atoms with Crippen LogP contribution in [-0.4, -0.2) is 25.5 Å². The lowest BCUT2D eigenvalue weighted by molar-refractivity contribution is -0.137. The van der Waals surface area contributed by atoms with E-state index in [-0.39, 0.29) is 11.5 Å². The number of nitrogens with one attached hydrogen (secondary N) is 2. The topological polar surface area (TPSA) is 41.1 Å². The minimum atomic E-state index is -4.67. The van der Waals surface area contributed by atoms with Crippen molar-refractivity contribution < 1.29 is 22.4 Å². The average molecular weight is 276 g/mol. The lowest BCUT2D eigenvalue weighted by Gasteiger charge is -2.27. The Bertz CT molecular complexity index is 483. The summed E-state index contributed by atoms with van der Waals surface area (Å²) < 4.78 is 50.6. The number of hydrogen-bond donors (Lipinski definition) is 2. The molecule has 1 aromatic carbocycles. The van der Waals surface area contributed by atoms with E-state index in [4.69, 9.17) is 0 Å². The van der Waals surface area contributed by atoms with Crippen molar-refractivity contribution in [2.75, 3.05) is 19.6 Å². The Morgan fingerprint density at radius 1 is 1.32 bits per heavy atom. The van der Waals surface area contributed by atoms with Crippen molar-refractivity contribution in [2.45, 2.75) is 6.18 Å². The minimum Gasteiger partial charge on any atom is -0.352 e. The molecule has 1 amide bonds. The van der Waals surface area contributed by atoms with Crippen LogP contribution in [0.15, 0.2) is 18.2 Å². The highest BCUT2D eigenvalue weighted by Crippen LogP contribution is 2.30. The summed E-state index contributed by atoms with van der Waals surface area (Å²) in [6.07, 6.45) is -4.67. The quantitative estimate of drug-likeness (QED) is 0.826. The maximum atomic E-state index is 13.1. The van der Waals surface area contributed by atoms with Crippen molar-refractivity contribution in [3.8, 4) is 0 Å². The third-order valence-electron chi connectivity index (χ3n) is 2.90. The molecule has 0 spiro atoms. The van der Waals surface area contributed by atoms with Gasteiger partial charge in [0.15, 0.2) is 0 Å². The van der Waals surface area contributed by atoms with Crippen molar-refractivity contribution in [1.82, 2.24) is 10.6 Å². The molecule has 2 N–H and O–H groups in total. The summed E-state index contributed by atoms with van der Waals surface area (Å²) in [7, 11) is 0. The lowest BCUT2D eigenvalue weighted by Crippen LogP contribution is -2.48. The van der Waals surface area contributed by atoms with Crippen molar-refractivity contribution in [3.05, 3.63) is 35.1 Å². The summed E-state index contributed by atoms with van der Waals surface area (Å²) in [5.41, 5.74) is -1.48. The number of carbonyl (C=O) groups excluding carboxylic acids is 1. The fourth-order valence-corrected chi connectivity index (χ4v) is 1.72. The Kier molecular flexibility index (Phi) is 3.75. The summed E-state index contributed by atoms with van der Waals surface area (Å²) >= 11 is 0. The van der Waals surface area contributed by atoms with E-state index < -0.39 is 23.5 Å². The van der Waals surface area contributed by atoms with Gasteiger partial charge < -0.3 is 10.6 Å². The molecular weight excluding hydrogens is 264 g/mol. The highest BCUT2D eigenvalue weighted by molar-refractivity contribution is 5.94. The molecule has 7 heteroatoms. The lowest BCUT2D eigenvalue weighted by atomic mass is 10.0. The zero-order valence-corrected chi connectivity index (χ0v) is 9.85. The van der Waals surface area contributed by atoms with Gasteiger partial charge in [0.05, 0.1) is 5.56 Å². The van der Waals surface area contributed by atoms with E-state index >= 15 is 0 Å². The fourth-order valence-electron chi connectivity index (χ4n) is 1.72. The van der Waals surface area contributed by atoms with Gasteiger partial charge in [0.1, 0.15) is 5.82 Å². The standard InChI is InChI=1S/C12H12F4N2O/c13-10-2-8(1-9(3-10)12(14,15)16)11(19)18-6-7-4-17-5-7/h1-3,7,17H,4-6H2,(H,18,19). The zero-order valence-electron chi connectivity index (χ0n) is 9.85. The predicted octanol–water partition coefficient (Wildman–Crippen LogP) is 1.79. The second-order valence-corrected chi connectivity index (χ2v) is 4.46. The molecule has 1 fully saturated rings. The van der Waals surface area contributed by atoms with Gasteiger partial charge in [-0.3, -0.25) is 4.79 Å². The number of benzene rings is 1. The van der Waals surface area contributed by atoms with Crippen LogP contribution < -0.4 is 10.6 Å². The van der Waals surface area contributed by atoms with Gasteiger partial charge >= 0.3 is 6.18 Å². The first-order chi connectivity index (χ1) is 8.86. The summed E-state index contributed by atoms with van der Waals surface area (Å²) in [6.45, 7) is 1.89. The molecule has 0 aliphatic carbocycles. The fraction of sp³-hybridized carbons (Fsp3) is 0.417. The molecule has 1 heterocycles. The first-order valence-corrected chi connectivity index (χ1v) is 5.73. The molecule has 3 nitrogen and oxygen atoms in total.